The molecule has 0 spiro atoms. The van der Waals surface area contributed by atoms with Crippen LogP contribution in [0, 0.1) is 13.8 Å². The van der Waals surface area contributed by atoms with Crippen molar-refractivity contribution in [2.45, 2.75) is 39.7 Å². The molecule has 2 rings (SSSR count). The zero-order valence-electron chi connectivity index (χ0n) is 10.6. The molecule has 5 heteroatoms. The van der Waals surface area contributed by atoms with Crippen LogP contribution < -0.4 is 5.73 Å². The number of nitrogens with two attached hydrogens (primary N) is 1. The van der Waals surface area contributed by atoms with Crippen LogP contribution >= 0.6 is 11.3 Å². The highest BCUT2D eigenvalue weighted by atomic mass is 32.1. The van der Waals surface area contributed by atoms with Crippen LogP contribution in [0.4, 0.5) is 0 Å². The Balaban J connectivity index is 2.36. The van der Waals surface area contributed by atoms with Gasteiger partial charge in [-0.2, -0.15) is 4.98 Å². The fourth-order valence-electron chi connectivity index (χ4n) is 1.39. The maximum absolute atomic E-state index is 6.08. The Hall–Kier alpha value is -1.20. The summed E-state index contributed by atoms with van der Waals surface area (Å²) in [6.07, 6.45) is 0.772. The van der Waals surface area contributed by atoms with E-state index in [1.54, 1.807) is 11.3 Å². The summed E-state index contributed by atoms with van der Waals surface area (Å²) >= 11 is 1.66. The molecule has 1 atom stereocenters. The van der Waals surface area contributed by atoms with E-state index < -0.39 is 5.54 Å². The molecule has 2 aromatic heterocycles. The molecule has 17 heavy (non-hydrogen) atoms. The summed E-state index contributed by atoms with van der Waals surface area (Å²) in [7, 11) is 0. The molecule has 0 amide bonds. The van der Waals surface area contributed by atoms with E-state index in [0.717, 1.165) is 11.3 Å². The smallest absolute Gasteiger partial charge is 0.268 e. The van der Waals surface area contributed by atoms with Crippen molar-refractivity contribution in [3.63, 3.8) is 0 Å². The minimum absolute atomic E-state index is 0.525. The summed E-state index contributed by atoms with van der Waals surface area (Å²) in [6, 6.07) is 2.07. The van der Waals surface area contributed by atoms with Gasteiger partial charge in [0.25, 0.3) is 5.89 Å². The lowest BCUT2D eigenvalue weighted by molar-refractivity contribution is 0.379. The zero-order valence-corrected chi connectivity index (χ0v) is 11.4. The number of nitrogens with zero attached hydrogens (tertiary/aromatic N) is 2. The van der Waals surface area contributed by atoms with Crippen LogP contribution in [-0.2, 0) is 5.54 Å². The predicted octanol–water partition coefficient (Wildman–Crippen LogP) is 3.00. The van der Waals surface area contributed by atoms with Crippen molar-refractivity contribution in [2.75, 3.05) is 0 Å². The normalized spacial score (nSPS) is 14.9. The molecule has 0 aromatic carbocycles. The largest absolute Gasteiger partial charge is 0.333 e. The second-order valence-corrected chi connectivity index (χ2v) is 5.80. The number of rotatable bonds is 3. The summed E-state index contributed by atoms with van der Waals surface area (Å²) in [5.41, 5.74) is 6.80. The number of hydrogen-bond donors (Lipinski definition) is 1. The number of thiophene rings is 1. The van der Waals surface area contributed by atoms with Gasteiger partial charge in [0.1, 0.15) is 0 Å². The van der Waals surface area contributed by atoms with E-state index in [9.17, 15) is 0 Å². The Morgan fingerprint density at radius 1 is 1.47 bits per heavy atom. The molecule has 0 radical (unpaired) electrons. The van der Waals surface area contributed by atoms with Gasteiger partial charge in [-0.1, -0.05) is 12.1 Å². The second kappa shape index (κ2) is 4.23. The van der Waals surface area contributed by atoms with Crippen molar-refractivity contribution in [2.24, 2.45) is 5.73 Å². The topological polar surface area (TPSA) is 64.9 Å². The molecule has 2 heterocycles. The number of hydrogen-bond acceptors (Lipinski definition) is 5. The molecule has 0 aliphatic heterocycles. The van der Waals surface area contributed by atoms with Crippen LogP contribution in [0.25, 0.3) is 10.8 Å². The fraction of sp³-hybridized carbons (Fsp3) is 0.500. The molecule has 0 aliphatic rings. The third kappa shape index (κ3) is 2.25. The minimum Gasteiger partial charge on any atom is -0.333 e. The van der Waals surface area contributed by atoms with Crippen molar-refractivity contribution in [3.05, 3.63) is 22.3 Å². The van der Waals surface area contributed by atoms with Crippen molar-refractivity contribution >= 4 is 11.3 Å². The summed E-state index contributed by atoms with van der Waals surface area (Å²) in [4.78, 5) is 6.66. The molecule has 2 aromatic rings. The lowest BCUT2D eigenvalue weighted by Crippen LogP contribution is -2.33. The second-order valence-electron chi connectivity index (χ2n) is 4.54. The van der Waals surface area contributed by atoms with Gasteiger partial charge < -0.3 is 10.3 Å². The Bertz CT molecular complexity index is 508. The Labute approximate surface area is 105 Å². The van der Waals surface area contributed by atoms with Crippen LogP contribution in [0.1, 0.15) is 36.5 Å². The molecule has 0 fully saturated rings. The van der Waals surface area contributed by atoms with Gasteiger partial charge in [0.2, 0.25) is 0 Å². The van der Waals surface area contributed by atoms with Crippen molar-refractivity contribution in [1.29, 1.82) is 0 Å². The molecule has 1 unspecified atom stereocenters. The Morgan fingerprint density at radius 2 is 2.18 bits per heavy atom. The van der Waals surface area contributed by atoms with E-state index in [-0.39, 0.29) is 0 Å². The molecule has 0 bridgehead atoms. The number of aromatic nitrogens is 2. The van der Waals surface area contributed by atoms with Crippen LogP contribution in [0.2, 0.25) is 0 Å². The van der Waals surface area contributed by atoms with Gasteiger partial charge in [0, 0.05) is 4.88 Å². The molecule has 0 saturated carbocycles. The van der Waals surface area contributed by atoms with E-state index in [4.69, 9.17) is 10.3 Å². The lowest BCUT2D eigenvalue weighted by Gasteiger charge is -2.16. The van der Waals surface area contributed by atoms with Gasteiger partial charge in [-0.3, -0.25) is 0 Å². The Kier molecular flexibility index (Phi) is 3.05. The SMILES string of the molecule is CCC(C)(N)c1noc(-c2cc(C)c(C)s2)n1. The maximum atomic E-state index is 6.08. The first-order valence-corrected chi connectivity index (χ1v) is 6.46. The minimum atomic E-state index is -0.525. The summed E-state index contributed by atoms with van der Waals surface area (Å²) in [5, 5.41) is 3.97. The van der Waals surface area contributed by atoms with Crippen LogP contribution in [-0.4, -0.2) is 10.1 Å². The average Bonchev–Trinajstić information content (AvgIpc) is 2.87. The quantitative estimate of drug-likeness (QED) is 0.910. The fourth-order valence-corrected chi connectivity index (χ4v) is 2.35. The van der Waals surface area contributed by atoms with E-state index >= 15 is 0 Å². The van der Waals surface area contributed by atoms with Crippen molar-refractivity contribution in [1.82, 2.24) is 10.1 Å². The van der Waals surface area contributed by atoms with Crippen molar-refractivity contribution < 1.29 is 4.52 Å². The van der Waals surface area contributed by atoms with Gasteiger partial charge in [0.15, 0.2) is 5.82 Å². The van der Waals surface area contributed by atoms with Gasteiger partial charge in [-0.15, -0.1) is 11.3 Å². The molecular weight excluding hydrogens is 234 g/mol. The van der Waals surface area contributed by atoms with Gasteiger partial charge >= 0.3 is 0 Å². The van der Waals surface area contributed by atoms with Gasteiger partial charge in [0.05, 0.1) is 10.4 Å². The molecule has 2 N–H and O–H groups in total. The first-order valence-electron chi connectivity index (χ1n) is 5.64. The maximum Gasteiger partial charge on any atom is 0.268 e. The number of aryl methyl sites for hydroxylation is 2. The molecule has 92 valence electrons. The third-order valence-electron chi connectivity index (χ3n) is 3.05. The predicted molar refractivity (Wildman–Crippen MR) is 68.9 cm³/mol. The third-order valence-corrected chi connectivity index (χ3v) is 4.19. The molecule has 0 saturated heterocycles. The standard InChI is InChI=1S/C12H17N3OS/c1-5-12(4,13)11-14-10(16-15-11)9-6-7(2)8(3)17-9/h6H,5,13H2,1-4H3. The van der Waals surface area contributed by atoms with E-state index in [1.165, 1.54) is 10.4 Å². The zero-order chi connectivity index (χ0) is 12.6. The van der Waals surface area contributed by atoms with Crippen LogP contribution in [0.3, 0.4) is 0 Å². The molecule has 0 aliphatic carbocycles. The van der Waals surface area contributed by atoms with E-state index in [1.807, 2.05) is 13.8 Å². The Morgan fingerprint density at radius 3 is 2.71 bits per heavy atom. The lowest BCUT2D eigenvalue weighted by atomic mass is 10.0. The van der Waals surface area contributed by atoms with E-state index in [0.29, 0.717) is 11.7 Å². The highest BCUT2D eigenvalue weighted by molar-refractivity contribution is 7.15. The molecular formula is C12H17N3OS. The summed E-state index contributed by atoms with van der Waals surface area (Å²) < 4.78 is 5.28. The van der Waals surface area contributed by atoms with Gasteiger partial charge in [-0.05, 0) is 38.8 Å². The summed E-state index contributed by atoms with van der Waals surface area (Å²) in [6.45, 7) is 8.08. The van der Waals surface area contributed by atoms with Crippen LogP contribution in [0.15, 0.2) is 10.6 Å². The first kappa shape index (κ1) is 12.3. The first-order chi connectivity index (χ1) is 7.94. The monoisotopic (exact) mass is 251 g/mol. The highest BCUT2D eigenvalue weighted by Crippen LogP contribution is 2.30. The van der Waals surface area contributed by atoms with E-state index in [2.05, 4.69) is 30.1 Å². The van der Waals surface area contributed by atoms with Crippen LogP contribution in [0.5, 0.6) is 0 Å². The molecule has 4 nitrogen and oxygen atoms in total. The highest BCUT2D eigenvalue weighted by Gasteiger charge is 2.26. The summed E-state index contributed by atoms with van der Waals surface area (Å²) in [5.74, 6) is 1.13. The average molecular weight is 251 g/mol. The van der Waals surface area contributed by atoms with Gasteiger partial charge in [-0.25, -0.2) is 0 Å². The van der Waals surface area contributed by atoms with Crippen molar-refractivity contribution in [3.8, 4) is 10.8 Å².